The van der Waals surface area contributed by atoms with E-state index in [0.717, 1.165) is 19.5 Å². The molecule has 2 rings (SSSR count). The smallest absolute Gasteiger partial charge is 0.252 e. The molecule has 1 amide bonds. The van der Waals surface area contributed by atoms with E-state index < -0.39 is 0 Å². The van der Waals surface area contributed by atoms with Crippen LogP contribution < -0.4 is 10.6 Å². The molecule has 0 aromatic heterocycles. The highest BCUT2D eigenvalue weighted by molar-refractivity contribution is 6.35. The molecular formula is C14H19Cl3N2O. The zero-order valence-electron chi connectivity index (χ0n) is 11.1. The van der Waals surface area contributed by atoms with Crippen LogP contribution in [0.4, 0.5) is 0 Å². The molecule has 0 bridgehead atoms. The SMILES string of the molecule is Cl.O=C(NCCC1CCCNC1)c1cc(Cl)ccc1Cl. The first-order valence-electron chi connectivity index (χ1n) is 6.61. The molecule has 1 unspecified atom stereocenters. The standard InChI is InChI=1S/C14H18Cl2N2O.ClH/c15-11-3-4-13(16)12(8-11)14(19)18-7-5-10-2-1-6-17-9-10;/h3-4,8,10,17H,1-2,5-7,9H2,(H,18,19);1H. The minimum Gasteiger partial charge on any atom is -0.352 e. The Labute approximate surface area is 135 Å². The third kappa shape index (κ3) is 5.13. The molecule has 0 saturated carbocycles. The lowest BCUT2D eigenvalue weighted by molar-refractivity contribution is 0.0951. The first kappa shape index (κ1) is 17.6. The molecule has 2 N–H and O–H groups in total. The number of nitrogens with one attached hydrogen (secondary N) is 2. The van der Waals surface area contributed by atoms with Crippen LogP contribution in [0.2, 0.25) is 10.0 Å². The van der Waals surface area contributed by atoms with Gasteiger partial charge in [0.15, 0.2) is 0 Å². The van der Waals surface area contributed by atoms with E-state index in [4.69, 9.17) is 23.2 Å². The molecule has 1 aliphatic heterocycles. The highest BCUT2D eigenvalue weighted by Gasteiger charge is 2.14. The van der Waals surface area contributed by atoms with Crippen LogP contribution in [-0.4, -0.2) is 25.5 Å². The van der Waals surface area contributed by atoms with Gasteiger partial charge in [-0.15, -0.1) is 12.4 Å². The topological polar surface area (TPSA) is 41.1 Å². The molecule has 1 saturated heterocycles. The van der Waals surface area contributed by atoms with E-state index in [0.29, 0.717) is 28.1 Å². The largest absolute Gasteiger partial charge is 0.352 e. The van der Waals surface area contributed by atoms with Crippen LogP contribution in [0.15, 0.2) is 18.2 Å². The maximum atomic E-state index is 12.0. The lowest BCUT2D eigenvalue weighted by atomic mass is 9.96. The predicted octanol–water partition coefficient (Wildman–Crippen LogP) is 3.53. The lowest BCUT2D eigenvalue weighted by Gasteiger charge is -2.22. The zero-order chi connectivity index (χ0) is 13.7. The number of amides is 1. The molecule has 0 aliphatic carbocycles. The van der Waals surface area contributed by atoms with Gasteiger partial charge in [-0.2, -0.15) is 0 Å². The fraction of sp³-hybridized carbons (Fsp3) is 0.500. The highest BCUT2D eigenvalue weighted by Crippen LogP contribution is 2.20. The molecule has 3 nitrogen and oxygen atoms in total. The Bertz CT molecular complexity index is 448. The minimum atomic E-state index is -0.156. The summed E-state index contributed by atoms with van der Waals surface area (Å²) in [6.45, 7) is 2.84. The Kier molecular flexibility index (Phi) is 7.67. The Morgan fingerprint density at radius 2 is 2.20 bits per heavy atom. The normalized spacial score (nSPS) is 18.2. The fourth-order valence-electron chi connectivity index (χ4n) is 2.33. The second-order valence-electron chi connectivity index (χ2n) is 4.88. The third-order valence-electron chi connectivity index (χ3n) is 3.41. The van der Waals surface area contributed by atoms with E-state index in [1.807, 2.05) is 0 Å². The van der Waals surface area contributed by atoms with Crippen LogP contribution in [0.1, 0.15) is 29.6 Å². The Hall–Kier alpha value is -0.480. The molecule has 0 spiro atoms. The van der Waals surface area contributed by atoms with Gasteiger partial charge in [0.1, 0.15) is 0 Å². The van der Waals surface area contributed by atoms with Crippen molar-refractivity contribution in [2.24, 2.45) is 5.92 Å². The molecule has 112 valence electrons. The van der Waals surface area contributed by atoms with Crippen molar-refractivity contribution in [2.45, 2.75) is 19.3 Å². The summed E-state index contributed by atoms with van der Waals surface area (Å²) in [6, 6.07) is 4.92. The number of halogens is 3. The average Bonchev–Trinajstić information content (AvgIpc) is 2.42. The van der Waals surface area contributed by atoms with Crippen LogP contribution >= 0.6 is 35.6 Å². The number of piperidine rings is 1. The van der Waals surface area contributed by atoms with Crippen molar-refractivity contribution in [1.29, 1.82) is 0 Å². The summed E-state index contributed by atoms with van der Waals surface area (Å²) in [5, 5.41) is 7.23. The van der Waals surface area contributed by atoms with E-state index in [9.17, 15) is 4.79 Å². The summed E-state index contributed by atoms with van der Waals surface area (Å²) in [5.74, 6) is 0.500. The van der Waals surface area contributed by atoms with Crippen LogP contribution in [0.5, 0.6) is 0 Å². The van der Waals surface area contributed by atoms with E-state index in [1.54, 1.807) is 18.2 Å². The second kappa shape index (κ2) is 8.73. The van der Waals surface area contributed by atoms with Crippen LogP contribution in [0.3, 0.4) is 0 Å². The Morgan fingerprint density at radius 3 is 2.90 bits per heavy atom. The molecular weight excluding hydrogens is 319 g/mol. The number of benzene rings is 1. The van der Waals surface area contributed by atoms with Gasteiger partial charge in [-0.1, -0.05) is 23.2 Å². The number of hydrogen-bond donors (Lipinski definition) is 2. The first-order chi connectivity index (χ1) is 9.16. The molecule has 1 fully saturated rings. The van der Waals surface area contributed by atoms with E-state index >= 15 is 0 Å². The van der Waals surface area contributed by atoms with Crippen LogP contribution in [0, 0.1) is 5.92 Å². The maximum Gasteiger partial charge on any atom is 0.252 e. The summed E-state index contributed by atoms with van der Waals surface area (Å²) < 4.78 is 0. The maximum absolute atomic E-state index is 12.0. The predicted molar refractivity (Wildman–Crippen MR) is 86.3 cm³/mol. The second-order valence-corrected chi connectivity index (χ2v) is 5.72. The van der Waals surface area contributed by atoms with E-state index in [-0.39, 0.29) is 18.3 Å². The van der Waals surface area contributed by atoms with Crippen molar-refractivity contribution in [3.8, 4) is 0 Å². The summed E-state index contributed by atoms with van der Waals surface area (Å²) in [5.41, 5.74) is 0.441. The van der Waals surface area contributed by atoms with Gasteiger partial charge >= 0.3 is 0 Å². The quantitative estimate of drug-likeness (QED) is 0.882. The Balaban J connectivity index is 0.00000200. The third-order valence-corrected chi connectivity index (χ3v) is 3.97. The van der Waals surface area contributed by atoms with Gasteiger partial charge in [0.25, 0.3) is 5.91 Å². The number of carbonyl (C=O) groups excluding carboxylic acids is 1. The van der Waals surface area contributed by atoms with Crippen molar-refractivity contribution in [3.63, 3.8) is 0 Å². The number of carbonyl (C=O) groups is 1. The van der Waals surface area contributed by atoms with Gasteiger partial charge < -0.3 is 10.6 Å². The average molecular weight is 338 g/mol. The fourth-order valence-corrected chi connectivity index (χ4v) is 2.70. The number of hydrogen-bond acceptors (Lipinski definition) is 2. The molecule has 1 aromatic carbocycles. The summed E-state index contributed by atoms with van der Waals surface area (Å²) >= 11 is 11.9. The van der Waals surface area contributed by atoms with Gasteiger partial charge in [-0.25, -0.2) is 0 Å². The van der Waals surface area contributed by atoms with Crippen LogP contribution in [-0.2, 0) is 0 Å². The molecule has 1 aromatic rings. The van der Waals surface area contributed by atoms with Gasteiger partial charge in [0.2, 0.25) is 0 Å². The highest BCUT2D eigenvalue weighted by atomic mass is 35.5. The van der Waals surface area contributed by atoms with Gasteiger partial charge in [-0.05, 0) is 56.5 Å². The monoisotopic (exact) mass is 336 g/mol. The lowest BCUT2D eigenvalue weighted by Crippen LogP contribution is -2.33. The molecule has 1 aliphatic rings. The van der Waals surface area contributed by atoms with Gasteiger partial charge in [0.05, 0.1) is 10.6 Å². The van der Waals surface area contributed by atoms with Crippen molar-refractivity contribution >= 4 is 41.5 Å². The van der Waals surface area contributed by atoms with E-state index in [1.165, 1.54) is 12.8 Å². The van der Waals surface area contributed by atoms with Crippen molar-refractivity contribution < 1.29 is 4.79 Å². The molecule has 20 heavy (non-hydrogen) atoms. The minimum absolute atomic E-state index is 0. The number of rotatable bonds is 4. The molecule has 6 heteroatoms. The van der Waals surface area contributed by atoms with Gasteiger partial charge in [0, 0.05) is 11.6 Å². The van der Waals surface area contributed by atoms with E-state index in [2.05, 4.69) is 10.6 Å². The van der Waals surface area contributed by atoms with Crippen molar-refractivity contribution in [1.82, 2.24) is 10.6 Å². The molecule has 0 radical (unpaired) electrons. The Morgan fingerprint density at radius 1 is 1.40 bits per heavy atom. The summed E-state index contributed by atoms with van der Waals surface area (Å²) in [7, 11) is 0. The zero-order valence-corrected chi connectivity index (χ0v) is 13.5. The van der Waals surface area contributed by atoms with Crippen molar-refractivity contribution in [2.75, 3.05) is 19.6 Å². The summed E-state index contributed by atoms with van der Waals surface area (Å²) in [6.07, 6.45) is 3.45. The van der Waals surface area contributed by atoms with Crippen LogP contribution in [0.25, 0.3) is 0 Å². The molecule has 1 heterocycles. The summed E-state index contributed by atoms with van der Waals surface area (Å²) in [4.78, 5) is 12.0. The van der Waals surface area contributed by atoms with Crippen molar-refractivity contribution in [3.05, 3.63) is 33.8 Å². The van der Waals surface area contributed by atoms with Gasteiger partial charge in [-0.3, -0.25) is 4.79 Å². The first-order valence-corrected chi connectivity index (χ1v) is 7.36. The molecule has 1 atom stereocenters.